The van der Waals surface area contributed by atoms with Crippen LogP contribution in [-0.4, -0.2) is 56.2 Å². The number of carbonyl (C=O) groups is 2. The van der Waals surface area contributed by atoms with Crippen molar-refractivity contribution in [2.75, 3.05) is 44.2 Å². The van der Waals surface area contributed by atoms with Crippen LogP contribution in [0.4, 0.5) is 10.5 Å². The van der Waals surface area contributed by atoms with E-state index in [0.717, 1.165) is 36.8 Å². The molecule has 0 radical (unpaired) electrons. The van der Waals surface area contributed by atoms with E-state index in [1.165, 1.54) is 5.69 Å². The Morgan fingerprint density at radius 2 is 2.11 bits per heavy atom. The Morgan fingerprint density at radius 3 is 2.89 bits per heavy atom. The Morgan fingerprint density at radius 1 is 1.26 bits per heavy atom. The average Bonchev–Trinajstić information content (AvgIpc) is 3.15. The van der Waals surface area contributed by atoms with Gasteiger partial charge in [-0.05, 0) is 50.3 Å². The highest BCUT2D eigenvalue weighted by Gasteiger charge is 2.30. The van der Waals surface area contributed by atoms with Gasteiger partial charge in [0.15, 0.2) is 0 Å². The first kappa shape index (κ1) is 20.0. The van der Waals surface area contributed by atoms with E-state index in [2.05, 4.69) is 38.3 Å². The number of likely N-dealkylation sites (tertiary alicyclic amines) is 1. The second kappa shape index (κ2) is 9.44. The average molecular weight is 438 g/mol. The molecule has 2 aliphatic heterocycles. The summed E-state index contributed by atoms with van der Waals surface area (Å²) in [7, 11) is 0. The number of ether oxygens (including phenoxy) is 1. The van der Waals surface area contributed by atoms with Crippen molar-refractivity contribution in [1.29, 1.82) is 0 Å². The van der Waals surface area contributed by atoms with Gasteiger partial charge >= 0.3 is 6.09 Å². The number of hydrogen-bond donors (Lipinski definition) is 1. The normalized spacial score (nSPS) is 22.6. The third-order valence-electron chi connectivity index (χ3n) is 5.34. The Hall–Kier alpha value is -1.76. The molecule has 148 valence electrons. The van der Waals surface area contributed by atoms with E-state index in [9.17, 15) is 9.59 Å². The third kappa shape index (κ3) is 5.37. The van der Waals surface area contributed by atoms with Gasteiger partial charge in [-0.3, -0.25) is 4.79 Å². The Kier molecular flexibility index (Phi) is 6.99. The van der Waals surface area contributed by atoms with Gasteiger partial charge in [-0.25, -0.2) is 4.79 Å². The number of halogens is 1. The molecule has 2 amide bonds. The maximum atomic E-state index is 12.6. The lowest BCUT2D eigenvalue weighted by Crippen LogP contribution is -2.46. The number of carbonyl (C=O) groups excluding carboxylic acids is 2. The number of nitrogens with zero attached hydrogens (tertiary/aromatic N) is 2. The molecule has 0 aromatic heterocycles. The number of piperidine rings is 1. The number of hydrogen-bond acceptors (Lipinski definition) is 4. The number of rotatable bonds is 5. The SMILES string of the molecule is CCOC(=O)N1CCC[C@H](C(=O)NC[C@H]2CCN(c3cccc(Br)c3)C2)C1. The Labute approximate surface area is 169 Å². The zero-order chi connectivity index (χ0) is 19.2. The molecular weight excluding hydrogens is 410 g/mol. The molecular formula is C20H28BrN3O3. The van der Waals surface area contributed by atoms with E-state index in [1.54, 1.807) is 11.8 Å². The van der Waals surface area contributed by atoms with E-state index in [4.69, 9.17) is 4.74 Å². The van der Waals surface area contributed by atoms with Crippen LogP contribution in [0.2, 0.25) is 0 Å². The van der Waals surface area contributed by atoms with E-state index >= 15 is 0 Å². The highest BCUT2D eigenvalue weighted by Crippen LogP contribution is 2.26. The van der Waals surface area contributed by atoms with Gasteiger partial charge in [0.1, 0.15) is 0 Å². The number of amides is 2. The van der Waals surface area contributed by atoms with Crippen molar-refractivity contribution in [2.24, 2.45) is 11.8 Å². The lowest BCUT2D eigenvalue weighted by atomic mass is 9.97. The summed E-state index contributed by atoms with van der Waals surface area (Å²) in [5.41, 5.74) is 1.22. The van der Waals surface area contributed by atoms with Crippen LogP contribution >= 0.6 is 15.9 Å². The fraction of sp³-hybridized carbons (Fsp3) is 0.600. The molecule has 2 heterocycles. The molecule has 27 heavy (non-hydrogen) atoms. The number of anilines is 1. The summed E-state index contributed by atoms with van der Waals surface area (Å²) in [4.78, 5) is 28.5. The predicted octanol–water partition coefficient (Wildman–Crippen LogP) is 3.26. The van der Waals surface area contributed by atoms with Crippen molar-refractivity contribution in [3.8, 4) is 0 Å². The minimum Gasteiger partial charge on any atom is -0.450 e. The molecule has 0 saturated carbocycles. The van der Waals surface area contributed by atoms with Gasteiger partial charge in [-0.1, -0.05) is 22.0 Å². The molecule has 2 aliphatic rings. The number of nitrogens with one attached hydrogen (secondary N) is 1. The van der Waals surface area contributed by atoms with Crippen LogP contribution in [0, 0.1) is 11.8 Å². The smallest absolute Gasteiger partial charge is 0.409 e. The van der Waals surface area contributed by atoms with Crippen molar-refractivity contribution >= 4 is 33.6 Å². The van der Waals surface area contributed by atoms with Gasteiger partial charge in [-0.2, -0.15) is 0 Å². The highest BCUT2D eigenvalue weighted by atomic mass is 79.9. The molecule has 6 nitrogen and oxygen atoms in total. The molecule has 3 rings (SSSR count). The third-order valence-corrected chi connectivity index (χ3v) is 5.84. The molecule has 0 bridgehead atoms. The first-order valence-electron chi connectivity index (χ1n) is 9.76. The summed E-state index contributed by atoms with van der Waals surface area (Å²) in [5, 5.41) is 3.12. The van der Waals surface area contributed by atoms with Crippen LogP contribution in [-0.2, 0) is 9.53 Å². The van der Waals surface area contributed by atoms with E-state index in [1.807, 2.05) is 12.1 Å². The highest BCUT2D eigenvalue weighted by molar-refractivity contribution is 9.10. The van der Waals surface area contributed by atoms with Crippen LogP contribution in [0.5, 0.6) is 0 Å². The van der Waals surface area contributed by atoms with Gasteiger partial charge in [0.05, 0.1) is 12.5 Å². The first-order valence-corrected chi connectivity index (χ1v) is 10.6. The fourth-order valence-electron chi connectivity index (χ4n) is 3.87. The molecule has 7 heteroatoms. The summed E-state index contributed by atoms with van der Waals surface area (Å²) in [6, 6.07) is 8.33. The maximum absolute atomic E-state index is 12.6. The quantitative estimate of drug-likeness (QED) is 0.767. The minimum atomic E-state index is -0.310. The monoisotopic (exact) mass is 437 g/mol. The summed E-state index contributed by atoms with van der Waals surface area (Å²) in [6.45, 7) is 5.95. The summed E-state index contributed by atoms with van der Waals surface area (Å²) in [6.07, 6.45) is 2.44. The van der Waals surface area contributed by atoms with Gasteiger partial charge in [0.2, 0.25) is 5.91 Å². The second-order valence-electron chi connectivity index (χ2n) is 7.31. The van der Waals surface area contributed by atoms with Crippen LogP contribution < -0.4 is 10.2 Å². The van der Waals surface area contributed by atoms with Crippen molar-refractivity contribution in [3.05, 3.63) is 28.7 Å². The lowest BCUT2D eigenvalue weighted by molar-refractivity contribution is -0.126. The topological polar surface area (TPSA) is 61.9 Å². The Balaban J connectivity index is 1.45. The van der Waals surface area contributed by atoms with Crippen molar-refractivity contribution < 1.29 is 14.3 Å². The fourth-order valence-corrected chi connectivity index (χ4v) is 4.25. The molecule has 1 N–H and O–H groups in total. The predicted molar refractivity (Wildman–Crippen MR) is 109 cm³/mol. The van der Waals surface area contributed by atoms with Gasteiger partial charge in [0, 0.05) is 42.9 Å². The van der Waals surface area contributed by atoms with Crippen LogP contribution in [0.1, 0.15) is 26.2 Å². The molecule has 0 unspecified atom stereocenters. The maximum Gasteiger partial charge on any atom is 0.409 e. The molecule has 2 fully saturated rings. The van der Waals surface area contributed by atoms with Crippen molar-refractivity contribution in [2.45, 2.75) is 26.2 Å². The van der Waals surface area contributed by atoms with Crippen molar-refractivity contribution in [3.63, 3.8) is 0 Å². The van der Waals surface area contributed by atoms with Gasteiger partial charge in [0.25, 0.3) is 0 Å². The second-order valence-corrected chi connectivity index (χ2v) is 8.23. The summed E-state index contributed by atoms with van der Waals surface area (Å²) >= 11 is 3.52. The van der Waals surface area contributed by atoms with E-state index < -0.39 is 0 Å². The summed E-state index contributed by atoms with van der Waals surface area (Å²) < 4.78 is 6.14. The van der Waals surface area contributed by atoms with Gasteiger partial charge in [-0.15, -0.1) is 0 Å². The van der Waals surface area contributed by atoms with Gasteiger partial charge < -0.3 is 19.9 Å². The van der Waals surface area contributed by atoms with E-state index in [-0.39, 0.29) is 17.9 Å². The largest absolute Gasteiger partial charge is 0.450 e. The minimum absolute atomic E-state index is 0.0601. The zero-order valence-corrected chi connectivity index (χ0v) is 17.4. The van der Waals surface area contributed by atoms with Crippen LogP contribution in [0.3, 0.4) is 0 Å². The lowest BCUT2D eigenvalue weighted by Gasteiger charge is -2.31. The Bertz CT molecular complexity index is 670. The zero-order valence-electron chi connectivity index (χ0n) is 15.8. The standard InChI is InChI=1S/C20H28BrN3O3/c1-2-27-20(26)24-9-4-5-16(14-24)19(25)22-12-15-8-10-23(13-15)18-7-3-6-17(21)11-18/h3,6-7,11,15-16H,2,4-5,8-10,12-14H2,1H3,(H,22,25)/t15-,16+/m1/s1. The molecule has 2 atom stereocenters. The van der Waals surface area contributed by atoms with Crippen molar-refractivity contribution in [1.82, 2.24) is 10.2 Å². The van der Waals surface area contributed by atoms with E-state index in [0.29, 0.717) is 32.2 Å². The van der Waals surface area contributed by atoms with Crippen LogP contribution in [0.25, 0.3) is 0 Å². The molecule has 0 aliphatic carbocycles. The summed E-state index contributed by atoms with van der Waals surface area (Å²) in [5.74, 6) is 0.383. The molecule has 1 aromatic carbocycles. The number of benzene rings is 1. The molecule has 0 spiro atoms. The molecule has 1 aromatic rings. The van der Waals surface area contributed by atoms with Crippen LogP contribution in [0.15, 0.2) is 28.7 Å². The first-order chi connectivity index (χ1) is 13.1. The molecule has 2 saturated heterocycles.